The number of nitrogens with one attached hydrogen (secondary N) is 1. The van der Waals surface area contributed by atoms with Gasteiger partial charge in [0.05, 0.1) is 12.0 Å². The number of rotatable bonds is 6. The second-order valence-corrected chi connectivity index (χ2v) is 7.24. The first-order valence-corrected chi connectivity index (χ1v) is 9.59. The maximum atomic E-state index is 12.6. The average molecular weight is 358 g/mol. The van der Waals surface area contributed by atoms with Crippen LogP contribution in [0, 0.1) is 19.8 Å². The molecule has 0 bridgehead atoms. The lowest BCUT2D eigenvalue weighted by Crippen LogP contribution is -2.46. The highest BCUT2D eigenvalue weighted by atomic mass is 16.2. The molecule has 2 aromatic heterocycles. The number of aryl methyl sites for hydroxylation is 2. The molecule has 0 saturated carbocycles. The number of hydrogen-bond acceptors (Lipinski definition) is 3. The highest BCUT2D eigenvalue weighted by molar-refractivity contribution is 5.74. The predicted octanol–water partition coefficient (Wildman–Crippen LogP) is 2.73. The van der Waals surface area contributed by atoms with E-state index in [2.05, 4.69) is 33.8 Å². The first-order chi connectivity index (χ1) is 12.6. The van der Waals surface area contributed by atoms with E-state index in [1.165, 1.54) is 0 Å². The summed E-state index contributed by atoms with van der Waals surface area (Å²) in [5.41, 5.74) is 3.30. The molecule has 0 aromatic carbocycles. The third kappa shape index (κ3) is 4.26. The van der Waals surface area contributed by atoms with E-state index >= 15 is 0 Å². The molecule has 1 N–H and O–H groups in total. The fourth-order valence-electron chi connectivity index (χ4n) is 3.79. The van der Waals surface area contributed by atoms with Crippen molar-refractivity contribution in [2.75, 3.05) is 13.1 Å². The zero-order chi connectivity index (χ0) is 18.5. The Morgan fingerprint density at radius 3 is 2.96 bits per heavy atom. The minimum Gasteiger partial charge on any atom is -0.337 e. The number of hydrogen-bond donors (Lipinski definition) is 1. The molecule has 2 amide bonds. The van der Waals surface area contributed by atoms with Crippen LogP contribution < -0.4 is 5.32 Å². The van der Waals surface area contributed by atoms with E-state index in [1.54, 1.807) is 6.20 Å². The van der Waals surface area contributed by atoms with Gasteiger partial charge in [0.1, 0.15) is 0 Å². The number of piperidine rings is 1. The Balaban J connectivity index is 1.54. The Morgan fingerprint density at radius 2 is 2.23 bits per heavy atom. The molecule has 2 aromatic rings. The number of likely N-dealkylation sites (tertiary alicyclic amines) is 1. The molecule has 1 aliphatic heterocycles. The molecule has 7 heteroatoms. The monoisotopic (exact) mass is 358 g/mol. The van der Waals surface area contributed by atoms with Crippen LogP contribution in [0.25, 0.3) is 0 Å². The maximum Gasteiger partial charge on any atom is 0.317 e. The quantitative estimate of drug-likeness (QED) is 0.863. The van der Waals surface area contributed by atoms with Gasteiger partial charge >= 0.3 is 6.03 Å². The molecule has 3 heterocycles. The van der Waals surface area contributed by atoms with Crippen molar-refractivity contribution < 1.29 is 4.79 Å². The summed E-state index contributed by atoms with van der Waals surface area (Å²) in [5, 5.41) is 7.69. The Labute approximate surface area is 155 Å². The second kappa shape index (κ2) is 8.38. The van der Waals surface area contributed by atoms with E-state index < -0.39 is 0 Å². The lowest BCUT2D eigenvalue weighted by atomic mass is 9.98. The normalized spacial score (nSPS) is 17.5. The number of aromatic nitrogens is 4. The first kappa shape index (κ1) is 18.5. The molecule has 0 aliphatic carbocycles. The average Bonchev–Trinajstić information content (AvgIpc) is 3.22. The van der Waals surface area contributed by atoms with E-state index in [0.29, 0.717) is 12.5 Å². The van der Waals surface area contributed by atoms with E-state index in [0.717, 1.165) is 62.4 Å². The lowest BCUT2D eigenvalue weighted by molar-refractivity contribution is 0.159. The van der Waals surface area contributed by atoms with Crippen LogP contribution in [0.5, 0.6) is 0 Å². The van der Waals surface area contributed by atoms with Gasteiger partial charge in [0.25, 0.3) is 0 Å². The number of carbonyl (C=O) groups is 1. The summed E-state index contributed by atoms with van der Waals surface area (Å²) in [6.07, 6.45) is 8.90. The van der Waals surface area contributed by atoms with Gasteiger partial charge in [-0.1, -0.05) is 6.92 Å². The summed E-state index contributed by atoms with van der Waals surface area (Å²) in [6.45, 7) is 10.3. The van der Waals surface area contributed by atoms with Gasteiger partial charge in [-0.15, -0.1) is 0 Å². The van der Waals surface area contributed by atoms with Crippen molar-refractivity contribution in [1.82, 2.24) is 29.5 Å². The van der Waals surface area contributed by atoms with E-state index in [1.807, 2.05) is 29.0 Å². The van der Waals surface area contributed by atoms with Crippen LogP contribution in [0.4, 0.5) is 4.79 Å². The lowest BCUT2D eigenvalue weighted by Gasteiger charge is -2.33. The van der Waals surface area contributed by atoms with Crippen molar-refractivity contribution in [3.63, 3.8) is 0 Å². The third-order valence-electron chi connectivity index (χ3n) is 5.22. The molecule has 3 rings (SSSR count). The number of carbonyl (C=O) groups excluding carboxylic acids is 1. The largest absolute Gasteiger partial charge is 0.337 e. The van der Waals surface area contributed by atoms with Crippen LogP contribution in [-0.2, 0) is 19.6 Å². The summed E-state index contributed by atoms with van der Waals surface area (Å²) in [4.78, 5) is 18.7. The highest BCUT2D eigenvalue weighted by Crippen LogP contribution is 2.19. The number of nitrogens with zero attached hydrogens (tertiary/aromatic N) is 5. The van der Waals surface area contributed by atoms with Crippen molar-refractivity contribution in [2.45, 2.75) is 59.7 Å². The van der Waals surface area contributed by atoms with E-state index in [9.17, 15) is 4.79 Å². The molecular formula is C19H30N6O. The SMILES string of the molecule is CCCn1nc(C)c(CNC(=O)N2CCC[C@H](Cn3ccnc3)C2)c1C. The molecule has 1 atom stereocenters. The Hall–Kier alpha value is -2.31. The summed E-state index contributed by atoms with van der Waals surface area (Å²) in [6, 6.07) is 0.0300. The molecule has 26 heavy (non-hydrogen) atoms. The minimum atomic E-state index is 0.0300. The van der Waals surface area contributed by atoms with Crippen molar-refractivity contribution in [1.29, 1.82) is 0 Å². The molecular weight excluding hydrogens is 328 g/mol. The zero-order valence-corrected chi connectivity index (χ0v) is 16.1. The fraction of sp³-hybridized carbons (Fsp3) is 0.632. The van der Waals surface area contributed by atoms with Gasteiger partial charge < -0.3 is 14.8 Å². The molecule has 142 valence electrons. The standard InChI is InChI=1S/C19H30N6O/c1-4-8-25-16(3)18(15(2)22-25)11-21-19(26)24-9-5-6-17(13-24)12-23-10-7-20-14-23/h7,10,14,17H,4-6,8-9,11-13H2,1-3H3,(H,21,26)/t17-/m1/s1. The van der Waals surface area contributed by atoms with Gasteiger partial charge in [-0.2, -0.15) is 5.10 Å². The highest BCUT2D eigenvalue weighted by Gasteiger charge is 2.24. The second-order valence-electron chi connectivity index (χ2n) is 7.24. The molecule has 1 aliphatic rings. The van der Waals surface area contributed by atoms with Crippen LogP contribution >= 0.6 is 0 Å². The van der Waals surface area contributed by atoms with Gasteiger partial charge in [-0.05, 0) is 39.0 Å². The Bertz CT molecular complexity index is 721. The van der Waals surface area contributed by atoms with Gasteiger partial charge in [0, 0.05) is 56.4 Å². The molecule has 0 unspecified atom stereocenters. The van der Waals surface area contributed by atoms with Gasteiger partial charge in [-0.3, -0.25) is 4.68 Å². The van der Waals surface area contributed by atoms with Crippen molar-refractivity contribution in [2.24, 2.45) is 5.92 Å². The van der Waals surface area contributed by atoms with Crippen LogP contribution in [-0.4, -0.2) is 43.4 Å². The van der Waals surface area contributed by atoms with Crippen LogP contribution in [0.2, 0.25) is 0 Å². The van der Waals surface area contributed by atoms with Crippen molar-refractivity contribution in [3.05, 3.63) is 35.7 Å². The predicted molar refractivity (Wildman–Crippen MR) is 101 cm³/mol. The smallest absolute Gasteiger partial charge is 0.317 e. The van der Waals surface area contributed by atoms with Crippen LogP contribution in [0.15, 0.2) is 18.7 Å². The van der Waals surface area contributed by atoms with E-state index in [-0.39, 0.29) is 6.03 Å². The number of amides is 2. The minimum absolute atomic E-state index is 0.0300. The first-order valence-electron chi connectivity index (χ1n) is 9.59. The summed E-state index contributed by atoms with van der Waals surface area (Å²) in [5.74, 6) is 0.486. The Morgan fingerprint density at radius 1 is 1.38 bits per heavy atom. The van der Waals surface area contributed by atoms with Gasteiger partial charge in [0.2, 0.25) is 0 Å². The molecule has 0 spiro atoms. The Kier molecular flexibility index (Phi) is 5.96. The zero-order valence-electron chi connectivity index (χ0n) is 16.1. The summed E-state index contributed by atoms with van der Waals surface area (Å²) < 4.78 is 4.14. The summed E-state index contributed by atoms with van der Waals surface area (Å²) >= 11 is 0. The van der Waals surface area contributed by atoms with Crippen LogP contribution in [0.3, 0.4) is 0 Å². The van der Waals surface area contributed by atoms with Crippen molar-refractivity contribution >= 4 is 6.03 Å². The third-order valence-corrected chi connectivity index (χ3v) is 5.22. The van der Waals surface area contributed by atoms with Gasteiger partial charge in [-0.25, -0.2) is 9.78 Å². The molecule has 0 radical (unpaired) electrons. The summed E-state index contributed by atoms with van der Waals surface area (Å²) in [7, 11) is 0. The molecule has 1 saturated heterocycles. The number of urea groups is 1. The fourth-order valence-corrected chi connectivity index (χ4v) is 3.79. The van der Waals surface area contributed by atoms with Crippen molar-refractivity contribution in [3.8, 4) is 0 Å². The molecule has 7 nitrogen and oxygen atoms in total. The maximum absolute atomic E-state index is 12.6. The van der Waals surface area contributed by atoms with Crippen LogP contribution in [0.1, 0.15) is 43.1 Å². The van der Waals surface area contributed by atoms with E-state index in [4.69, 9.17) is 0 Å². The molecule has 1 fully saturated rings. The number of imidazole rings is 1. The topological polar surface area (TPSA) is 68.0 Å². The van der Waals surface area contributed by atoms with Gasteiger partial charge in [0.15, 0.2) is 0 Å².